The molecular weight excluding hydrogens is 583 g/mol. The highest BCUT2D eigenvalue weighted by molar-refractivity contribution is 7.89. The molecule has 5 rings (SSSR count). The van der Waals surface area contributed by atoms with Gasteiger partial charge in [-0.15, -0.1) is 0 Å². The monoisotopic (exact) mass is 630 g/mol. The Labute approximate surface area is 261 Å². The molecule has 242 valence electrons. The summed E-state index contributed by atoms with van der Waals surface area (Å²) >= 11 is 0. The Morgan fingerprint density at radius 1 is 1.14 bits per heavy atom. The summed E-state index contributed by atoms with van der Waals surface area (Å²) in [4.78, 5) is 28.5. The molecule has 1 spiro atoms. The Balaban J connectivity index is 1.16. The first-order chi connectivity index (χ1) is 21.0. The molecule has 1 aromatic carbocycles. The highest BCUT2D eigenvalue weighted by Crippen LogP contribution is 2.45. The normalized spacial score (nSPS) is 22.2. The molecule has 10 nitrogen and oxygen atoms in total. The second-order valence-electron chi connectivity index (χ2n) is 13.0. The molecule has 1 amide bonds. The molecule has 1 aliphatic carbocycles. The fourth-order valence-corrected chi connectivity index (χ4v) is 7.91. The van der Waals surface area contributed by atoms with Crippen LogP contribution in [0.1, 0.15) is 76.6 Å². The maximum atomic E-state index is 14.2. The number of hydrogen-bond acceptors (Lipinski definition) is 8. The molecule has 3 aliphatic rings. The highest BCUT2D eigenvalue weighted by atomic mass is 32.2. The quantitative estimate of drug-likeness (QED) is 0.382. The van der Waals surface area contributed by atoms with Crippen molar-refractivity contribution in [2.24, 2.45) is 11.3 Å². The van der Waals surface area contributed by atoms with Crippen LogP contribution in [0.2, 0.25) is 0 Å². The van der Waals surface area contributed by atoms with Gasteiger partial charge >= 0.3 is 0 Å². The van der Waals surface area contributed by atoms with Crippen LogP contribution in [-0.4, -0.2) is 91.2 Å². The molecule has 3 fully saturated rings. The first-order valence-corrected chi connectivity index (χ1v) is 17.7. The summed E-state index contributed by atoms with van der Waals surface area (Å²) < 4.78 is 47.2. The lowest BCUT2D eigenvalue weighted by Crippen LogP contribution is -2.61. The molecule has 3 heterocycles. The van der Waals surface area contributed by atoms with Crippen LogP contribution < -0.4 is 14.4 Å². The number of nitrogens with zero attached hydrogens (tertiary/aromatic N) is 5. The Hall–Kier alpha value is -2.83. The molecule has 0 bridgehead atoms. The average molecular weight is 631 g/mol. The van der Waals surface area contributed by atoms with Crippen molar-refractivity contribution in [1.82, 2.24) is 24.5 Å². The molecule has 0 unspecified atom stereocenters. The van der Waals surface area contributed by atoms with Gasteiger partial charge in [-0.25, -0.2) is 27.5 Å². The van der Waals surface area contributed by atoms with E-state index in [0.717, 1.165) is 71.2 Å². The highest BCUT2D eigenvalue weighted by Gasteiger charge is 2.46. The predicted molar refractivity (Wildman–Crippen MR) is 169 cm³/mol. The van der Waals surface area contributed by atoms with Crippen molar-refractivity contribution in [2.45, 2.75) is 78.3 Å². The number of amides is 1. The second-order valence-corrected chi connectivity index (χ2v) is 15.1. The lowest BCUT2D eigenvalue weighted by molar-refractivity contribution is 0.0618. The summed E-state index contributed by atoms with van der Waals surface area (Å²) in [5.41, 5.74) is 0.420. The van der Waals surface area contributed by atoms with Crippen LogP contribution in [0.15, 0.2) is 30.7 Å². The number of sulfonamides is 1. The van der Waals surface area contributed by atoms with Crippen LogP contribution >= 0.6 is 0 Å². The van der Waals surface area contributed by atoms with Crippen LogP contribution in [0.3, 0.4) is 0 Å². The minimum absolute atomic E-state index is 0.0352. The number of carbonyl (C=O) groups excluding carboxylic acids is 1. The van der Waals surface area contributed by atoms with E-state index in [0.29, 0.717) is 24.0 Å². The lowest BCUT2D eigenvalue weighted by Gasteiger charge is -2.54. The van der Waals surface area contributed by atoms with E-state index in [1.807, 2.05) is 20.8 Å². The number of halogens is 1. The summed E-state index contributed by atoms with van der Waals surface area (Å²) in [7, 11) is -3.14. The van der Waals surface area contributed by atoms with Crippen molar-refractivity contribution in [3.05, 3.63) is 42.1 Å². The number of hydrogen-bond donors (Lipinski definition) is 1. The van der Waals surface area contributed by atoms with Crippen molar-refractivity contribution in [3.8, 4) is 11.5 Å². The van der Waals surface area contributed by atoms with Gasteiger partial charge in [0.25, 0.3) is 5.91 Å². The Morgan fingerprint density at radius 2 is 1.84 bits per heavy atom. The molecule has 12 heteroatoms. The fourth-order valence-electron chi connectivity index (χ4n) is 7.00. The number of ether oxygens (including phenoxy) is 1. The van der Waals surface area contributed by atoms with E-state index in [1.54, 1.807) is 18.0 Å². The number of rotatable bonds is 11. The van der Waals surface area contributed by atoms with Gasteiger partial charge in [-0.05, 0) is 103 Å². The van der Waals surface area contributed by atoms with Crippen LogP contribution in [-0.2, 0) is 10.0 Å². The Morgan fingerprint density at radius 3 is 2.48 bits per heavy atom. The molecule has 2 saturated heterocycles. The zero-order chi connectivity index (χ0) is 31.5. The Kier molecular flexibility index (Phi) is 10.1. The number of benzene rings is 1. The molecule has 44 heavy (non-hydrogen) atoms. The third kappa shape index (κ3) is 7.51. The number of anilines is 1. The number of likely N-dealkylation sites (tertiary alicyclic amines) is 1. The first kappa shape index (κ1) is 32.6. The van der Waals surface area contributed by atoms with Gasteiger partial charge in [0.2, 0.25) is 10.0 Å². The Bertz CT molecular complexity index is 1400. The van der Waals surface area contributed by atoms with E-state index in [9.17, 15) is 17.6 Å². The summed E-state index contributed by atoms with van der Waals surface area (Å²) in [5, 5.41) is 0. The van der Waals surface area contributed by atoms with E-state index in [2.05, 4.69) is 24.5 Å². The van der Waals surface area contributed by atoms with Crippen LogP contribution in [0.25, 0.3) is 0 Å². The molecule has 1 aromatic heterocycles. The molecule has 2 aromatic rings. The predicted octanol–water partition coefficient (Wildman–Crippen LogP) is 4.68. The van der Waals surface area contributed by atoms with Gasteiger partial charge in [0.05, 0.1) is 17.5 Å². The molecule has 1 N–H and O–H groups in total. The third-order valence-corrected chi connectivity index (χ3v) is 11.1. The summed E-state index contributed by atoms with van der Waals surface area (Å²) in [5.74, 6) is 1.41. The van der Waals surface area contributed by atoms with Crippen LogP contribution in [0.5, 0.6) is 11.5 Å². The largest absolute Gasteiger partial charge is 0.451 e. The van der Waals surface area contributed by atoms with E-state index in [4.69, 9.17) is 4.74 Å². The van der Waals surface area contributed by atoms with Crippen molar-refractivity contribution < 1.29 is 22.3 Å². The fraction of sp³-hybridized carbons (Fsp3) is 0.656. The summed E-state index contributed by atoms with van der Waals surface area (Å²) in [6.07, 6.45) is 9.33. The van der Waals surface area contributed by atoms with Gasteiger partial charge in [-0.2, -0.15) is 0 Å². The molecule has 0 atom stereocenters. The zero-order valence-corrected chi connectivity index (χ0v) is 27.3. The summed E-state index contributed by atoms with van der Waals surface area (Å²) in [6.45, 7) is 12.9. The van der Waals surface area contributed by atoms with Crippen LogP contribution in [0.4, 0.5) is 10.2 Å². The van der Waals surface area contributed by atoms with Gasteiger partial charge in [0, 0.05) is 43.7 Å². The minimum atomic E-state index is -3.14. The smallest absolute Gasteiger partial charge is 0.257 e. The molecular formula is C32H47FN6O4S. The van der Waals surface area contributed by atoms with Crippen LogP contribution in [0, 0.1) is 17.2 Å². The molecule has 0 radical (unpaired) electrons. The first-order valence-electron chi connectivity index (χ1n) is 16.1. The number of nitrogens with one attached hydrogen (secondary N) is 1. The number of aromatic nitrogens is 2. The average Bonchev–Trinajstić information content (AvgIpc) is 2.99. The molecule has 2 aliphatic heterocycles. The van der Waals surface area contributed by atoms with Crippen molar-refractivity contribution in [3.63, 3.8) is 0 Å². The van der Waals surface area contributed by atoms with Gasteiger partial charge in [0.1, 0.15) is 17.9 Å². The maximum absolute atomic E-state index is 14.2. The minimum Gasteiger partial charge on any atom is -0.451 e. The standard InChI is InChI=1S/C32H47FN6O4S/c1-5-39(23(3)4)31(40)27-17-25(33)9-12-28(27)43-29-18-34-22-35-30(29)38-20-32(21-38)13-15-37(16-14-32)19-24-7-10-26(11-8-24)36-44(41,42)6-2/h9,12,17-18,22-24,26,36H,5-8,10-11,13-16,19-21H2,1-4H3. The van der Waals surface area contributed by atoms with E-state index >= 15 is 0 Å². The third-order valence-electron chi connectivity index (χ3n) is 9.63. The van der Waals surface area contributed by atoms with Crippen molar-refractivity contribution >= 4 is 21.7 Å². The van der Waals surface area contributed by atoms with Gasteiger partial charge in [-0.1, -0.05) is 0 Å². The lowest BCUT2D eigenvalue weighted by atomic mass is 9.71. The van der Waals surface area contributed by atoms with E-state index in [1.165, 1.54) is 24.5 Å². The second kappa shape index (κ2) is 13.7. The van der Waals surface area contributed by atoms with Gasteiger partial charge in [-0.3, -0.25) is 4.79 Å². The molecule has 1 saturated carbocycles. The van der Waals surface area contributed by atoms with Gasteiger partial charge in [0.15, 0.2) is 11.6 Å². The van der Waals surface area contributed by atoms with Gasteiger partial charge < -0.3 is 19.4 Å². The summed E-state index contributed by atoms with van der Waals surface area (Å²) in [6, 6.07) is 4.08. The van der Waals surface area contributed by atoms with E-state index < -0.39 is 15.8 Å². The SMILES string of the molecule is CCN(C(=O)c1cc(F)ccc1Oc1cncnc1N1CC2(CCN(CC3CCC(NS(=O)(=O)CC)CC3)CC2)C1)C(C)C. The zero-order valence-electron chi connectivity index (χ0n) is 26.5. The maximum Gasteiger partial charge on any atom is 0.257 e. The van der Waals surface area contributed by atoms with Crippen molar-refractivity contribution in [2.75, 3.05) is 49.9 Å². The van der Waals surface area contributed by atoms with Crippen molar-refractivity contribution in [1.29, 1.82) is 0 Å². The number of carbonyl (C=O) groups is 1. The van der Waals surface area contributed by atoms with E-state index in [-0.39, 0.29) is 40.5 Å². The number of piperidine rings is 1. The topological polar surface area (TPSA) is 108 Å².